The van der Waals surface area contributed by atoms with Crippen molar-refractivity contribution in [3.05, 3.63) is 29.6 Å². The molecule has 0 amide bonds. The van der Waals surface area contributed by atoms with E-state index in [1.54, 1.807) is 7.11 Å². The van der Waals surface area contributed by atoms with Gasteiger partial charge in [0, 0.05) is 25.8 Å². The van der Waals surface area contributed by atoms with Crippen LogP contribution in [0.1, 0.15) is 24.8 Å². The third kappa shape index (κ3) is 4.00. The zero-order chi connectivity index (χ0) is 15.5. The molecule has 7 heteroatoms. The Labute approximate surface area is 124 Å². The number of sulfonamides is 1. The van der Waals surface area contributed by atoms with Gasteiger partial charge in [-0.25, -0.2) is 17.5 Å². The molecule has 2 rings (SSSR count). The quantitative estimate of drug-likeness (QED) is 0.760. The maximum atomic E-state index is 13.3. The normalized spacial score (nSPS) is 16.9. The third-order valence-electron chi connectivity index (χ3n) is 3.93. The molecule has 1 aliphatic rings. The predicted molar refractivity (Wildman–Crippen MR) is 75.7 cm³/mol. The van der Waals surface area contributed by atoms with Crippen LogP contribution in [0.3, 0.4) is 0 Å². The highest BCUT2D eigenvalue weighted by atomic mass is 32.2. The molecule has 0 heterocycles. The highest BCUT2D eigenvalue weighted by molar-refractivity contribution is 7.89. The lowest BCUT2D eigenvalue weighted by molar-refractivity contribution is 0.173. The van der Waals surface area contributed by atoms with Gasteiger partial charge in [0.05, 0.1) is 11.5 Å². The van der Waals surface area contributed by atoms with Gasteiger partial charge in [0.2, 0.25) is 10.0 Å². The topological polar surface area (TPSA) is 75.6 Å². The second-order valence-electron chi connectivity index (χ2n) is 5.48. The Morgan fingerprint density at radius 2 is 2.14 bits per heavy atom. The van der Waals surface area contributed by atoms with Crippen LogP contribution in [0.15, 0.2) is 23.1 Å². The van der Waals surface area contributed by atoms with E-state index in [2.05, 4.69) is 4.72 Å². The predicted octanol–water partition coefficient (Wildman–Crippen LogP) is 1.41. The molecule has 1 fully saturated rings. The van der Waals surface area contributed by atoms with Crippen molar-refractivity contribution in [2.45, 2.75) is 30.8 Å². The van der Waals surface area contributed by atoms with Crippen molar-refractivity contribution in [1.29, 1.82) is 0 Å². The van der Waals surface area contributed by atoms with E-state index in [0.717, 1.165) is 31.4 Å². The zero-order valence-electron chi connectivity index (χ0n) is 11.9. The van der Waals surface area contributed by atoms with Crippen molar-refractivity contribution in [3.8, 4) is 0 Å². The first-order chi connectivity index (χ1) is 9.92. The summed E-state index contributed by atoms with van der Waals surface area (Å²) < 4.78 is 45.3. The minimum Gasteiger partial charge on any atom is -0.392 e. The number of methoxy groups -OCH3 is 1. The Balaban J connectivity index is 2.05. The minimum absolute atomic E-state index is 0.0110. The SMILES string of the molecule is COCCC1(CNS(=O)(=O)c2ccc(F)c(CO)c2)CC1. The van der Waals surface area contributed by atoms with Gasteiger partial charge in [0.1, 0.15) is 5.82 Å². The molecular formula is C14H20FNO4S. The molecule has 0 atom stereocenters. The van der Waals surface area contributed by atoms with E-state index in [4.69, 9.17) is 9.84 Å². The van der Waals surface area contributed by atoms with Crippen molar-refractivity contribution in [2.75, 3.05) is 20.3 Å². The van der Waals surface area contributed by atoms with Crippen molar-refractivity contribution in [3.63, 3.8) is 0 Å². The van der Waals surface area contributed by atoms with Crippen LogP contribution in [-0.2, 0) is 21.4 Å². The number of nitrogens with one attached hydrogen (secondary N) is 1. The van der Waals surface area contributed by atoms with Crippen molar-refractivity contribution < 1.29 is 22.7 Å². The first kappa shape index (κ1) is 16.4. The fraction of sp³-hybridized carbons (Fsp3) is 0.571. The van der Waals surface area contributed by atoms with Gasteiger partial charge in [-0.15, -0.1) is 0 Å². The van der Waals surface area contributed by atoms with E-state index >= 15 is 0 Å². The number of aliphatic hydroxyl groups excluding tert-OH is 1. The van der Waals surface area contributed by atoms with Crippen LogP contribution >= 0.6 is 0 Å². The Hall–Kier alpha value is -1.02. The standard InChI is InChI=1S/C14H20FNO4S/c1-20-7-6-14(4-5-14)10-16-21(18,19)12-2-3-13(15)11(8-12)9-17/h2-3,8,16-17H,4-7,9-10H2,1H3. The number of hydrogen-bond acceptors (Lipinski definition) is 4. The summed E-state index contributed by atoms with van der Waals surface area (Å²) in [4.78, 5) is -0.0320. The summed E-state index contributed by atoms with van der Waals surface area (Å²) in [5, 5.41) is 9.01. The molecule has 0 unspecified atom stereocenters. The van der Waals surface area contributed by atoms with Gasteiger partial charge < -0.3 is 9.84 Å². The molecular weight excluding hydrogens is 297 g/mol. The van der Waals surface area contributed by atoms with Gasteiger partial charge in [0.15, 0.2) is 0 Å². The number of aliphatic hydroxyl groups is 1. The Morgan fingerprint density at radius 1 is 1.43 bits per heavy atom. The second-order valence-corrected chi connectivity index (χ2v) is 7.25. The Morgan fingerprint density at radius 3 is 2.71 bits per heavy atom. The Kier molecular flexibility index (Phi) is 4.98. The maximum absolute atomic E-state index is 13.3. The summed E-state index contributed by atoms with van der Waals surface area (Å²) in [5.74, 6) is -0.616. The van der Waals surface area contributed by atoms with Crippen LogP contribution < -0.4 is 4.72 Å². The smallest absolute Gasteiger partial charge is 0.240 e. The van der Waals surface area contributed by atoms with Crippen LogP contribution in [0.4, 0.5) is 4.39 Å². The average molecular weight is 317 g/mol. The molecule has 5 nitrogen and oxygen atoms in total. The lowest BCUT2D eigenvalue weighted by Crippen LogP contribution is -2.31. The summed E-state index contributed by atoms with van der Waals surface area (Å²) in [5.41, 5.74) is -0.0403. The van der Waals surface area contributed by atoms with Crippen LogP contribution in [0.2, 0.25) is 0 Å². The lowest BCUT2D eigenvalue weighted by atomic mass is 10.0. The van der Waals surface area contributed by atoms with Gasteiger partial charge in [-0.05, 0) is 42.9 Å². The first-order valence-corrected chi connectivity index (χ1v) is 8.29. The molecule has 118 valence electrons. The van der Waals surface area contributed by atoms with E-state index < -0.39 is 22.4 Å². The molecule has 0 bridgehead atoms. The molecule has 2 N–H and O–H groups in total. The molecule has 0 radical (unpaired) electrons. The number of ether oxygens (including phenoxy) is 1. The first-order valence-electron chi connectivity index (χ1n) is 6.80. The third-order valence-corrected chi connectivity index (χ3v) is 5.33. The molecule has 1 aliphatic carbocycles. The van der Waals surface area contributed by atoms with E-state index in [9.17, 15) is 12.8 Å². The summed E-state index contributed by atoms with van der Waals surface area (Å²) in [6.07, 6.45) is 2.77. The molecule has 1 saturated carbocycles. The van der Waals surface area contributed by atoms with E-state index in [-0.39, 0.29) is 15.9 Å². The van der Waals surface area contributed by atoms with Crippen LogP contribution in [0.5, 0.6) is 0 Å². The molecule has 21 heavy (non-hydrogen) atoms. The molecule has 0 saturated heterocycles. The fourth-order valence-corrected chi connectivity index (χ4v) is 3.39. The van der Waals surface area contributed by atoms with Crippen molar-refractivity contribution >= 4 is 10.0 Å². The number of benzene rings is 1. The maximum Gasteiger partial charge on any atom is 0.240 e. The molecule has 1 aromatic carbocycles. The van der Waals surface area contributed by atoms with Gasteiger partial charge in [-0.3, -0.25) is 0 Å². The lowest BCUT2D eigenvalue weighted by Gasteiger charge is -2.16. The van der Waals surface area contributed by atoms with Crippen LogP contribution in [0.25, 0.3) is 0 Å². The number of rotatable bonds is 8. The number of halogens is 1. The van der Waals surface area contributed by atoms with Gasteiger partial charge >= 0.3 is 0 Å². The molecule has 0 aliphatic heterocycles. The average Bonchev–Trinajstić information content (AvgIpc) is 3.24. The zero-order valence-corrected chi connectivity index (χ0v) is 12.7. The highest BCUT2D eigenvalue weighted by Crippen LogP contribution is 2.48. The van der Waals surface area contributed by atoms with E-state index in [0.29, 0.717) is 13.2 Å². The van der Waals surface area contributed by atoms with Gasteiger partial charge in [-0.1, -0.05) is 0 Å². The molecule has 0 spiro atoms. The van der Waals surface area contributed by atoms with Crippen molar-refractivity contribution in [1.82, 2.24) is 4.72 Å². The summed E-state index contributed by atoms with van der Waals surface area (Å²) in [6.45, 7) is 0.421. The molecule has 0 aromatic heterocycles. The summed E-state index contributed by atoms with van der Waals surface area (Å²) in [7, 11) is -2.08. The van der Waals surface area contributed by atoms with E-state index in [1.165, 1.54) is 6.07 Å². The van der Waals surface area contributed by atoms with Crippen LogP contribution in [-0.4, -0.2) is 33.8 Å². The van der Waals surface area contributed by atoms with Gasteiger partial charge in [-0.2, -0.15) is 0 Å². The fourth-order valence-electron chi connectivity index (χ4n) is 2.18. The number of hydrogen-bond donors (Lipinski definition) is 2. The highest BCUT2D eigenvalue weighted by Gasteiger charge is 2.42. The largest absolute Gasteiger partial charge is 0.392 e. The summed E-state index contributed by atoms with van der Waals surface area (Å²) in [6, 6.07) is 3.41. The Bertz CT molecular complexity index is 599. The van der Waals surface area contributed by atoms with Gasteiger partial charge in [0.25, 0.3) is 0 Å². The van der Waals surface area contributed by atoms with E-state index in [1.807, 2.05) is 0 Å². The summed E-state index contributed by atoms with van der Waals surface area (Å²) >= 11 is 0. The monoisotopic (exact) mass is 317 g/mol. The van der Waals surface area contributed by atoms with Crippen molar-refractivity contribution in [2.24, 2.45) is 5.41 Å². The molecule has 1 aromatic rings. The minimum atomic E-state index is -3.70. The van der Waals surface area contributed by atoms with Crippen LogP contribution in [0, 0.1) is 11.2 Å². The second kappa shape index (κ2) is 6.39.